The summed E-state index contributed by atoms with van der Waals surface area (Å²) in [7, 11) is 0. The lowest BCUT2D eigenvalue weighted by Crippen LogP contribution is -2.25. The van der Waals surface area contributed by atoms with Crippen LogP contribution in [0.25, 0.3) is 0 Å². The van der Waals surface area contributed by atoms with Crippen molar-refractivity contribution in [2.75, 3.05) is 0 Å². The molecule has 0 saturated carbocycles. The van der Waals surface area contributed by atoms with Gasteiger partial charge in [-0.3, -0.25) is 4.99 Å². The van der Waals surface area contributed by atoms with Crippen molar-refractivity contribution >= 4 is 17.2 Å². The molecule has 1 heterocycles. The quantitative estimate of drug-likeness (QED) is 0.616. The van der Waals surface area contributed by atoms with E-state index < -0.39 is 0 Å². The third kappa shape index (κ3) is 2.54. The lowest BCUT2D eigenvalue weighted by molar-refractivity contribution is 0.547. The molecule has 0 fully saturated rings. The summed E-state index contributed by atoms with van der Waals surface area (Å²) in [6.45, 7) is 8.13. The lowest BCUT2D eigenvalue weighted by atomic mass is 10.1. The topological polar surface area (TPSA) is 51.3 Å². The zero-order valence-electron chi connectivity index (χ0n) is 9.11. The summed E-state index contributed by atoms with van der Waals surface area (Å²) < 4.78 is 0. The van der Waals surface area contributed by atoms with E-state index in [-0.39, 0.29) is 11.5 Å². The summed E-state index contributed by atoms with van der Waals surface area (Å²) in [5.41, 5.74) is 5.53. The molecule has 0 atom stereocenters. The largest absolute Gasteiger partial charge is 0.387 e. The van der Waals surface area contributed by atoms with E-state index in [1.807, 2.05) is 33.1 Å². The molecule has 0 unspecified atom stereocenters. The Morgan fingerprint density at radius 1 is 1.57 bits per heavy atom. The average Bonchev–Trinajstić information content (AvgIpc) is 2.54. The summed E-state index contributed by atoms with van der Waals surface area (Å²) in [5.74, 6) is 0.972. The Balaban J connectivity index is 2.92. The summed E-state index contributed by atoms with van der Waals surface area (Å²) >= 11 is 1.61. The first-order valence-corrected chi connectivity index (χ1v) is 5.56. The molecule has 0 radical (unpaired) electrons. The molecule has 0 saturated heterocycles. The number of aliphatic imine (C=N–C) groups is 1. The van der Waals surface area contributed by atoms with Crippen LogP contribution < -0.4 is 5.73 Å². The molecule has 0 amide bonds. The molecule has 1 aromatic heterocycles. The number of hydrogen-bond acceptors (Lipinski definition) is 3. The van der Waals surface area contributed by atoms with E-state index in [1.165, 1.54) is 0 Å². The van der Waals surface area contributed by atoms with Gasteiger partial charge in [0.1, 0.15) is 10.5 Å². The van der Waals surface area contributed by atoms with Crippen LogP contribution in [0.4, 0.5) is 0 Å². The van der Waals surface area contributed by atoms with Gasteiger partial charge in [-0.2, -0.15) is 0 Å². The SMILES string of the molecule is CC(C)C(N)=NC(C)(C)c1nccs1. The van der Waals surface area contributed by atoms with Gasteiger partial charge >= 0.3 is 0 Å². The van der Waals surface area contributed by atoms with Crippen molar-refractivity contribution in [1.29, 1.82) is 0 Å². The second kappa shape index (κ2) is 4.09. The Bertz CT molecular complexity index is 312. The Labute approximate surface area is 89.1 Å². The third-order valence-electron chi connectivity index (χ3n) is 1.96. The molecule has 0 bridgehead atoms. The maximum atomic E-state index is 5.84. The van der Waals surface area contributed by atoms with Crippen LogP contribution in [0.15, 0.2) is 16.6 Å². The standard InChI is InChI=1S/C10H17N3S/c1-7(2)8(11)13-10(3,4)9-12-5-6-14-9/h5-7H,1-4H3,(H2,11,13). The van der Waals surface area contributed by atoms with Crippen LogP contribution in [0, 0.1) is 5.92 Å². The van der Waals surface area contributed by atoms with Crippen LogP contribution in [0.3, 0.4) is 0 Å². The van der Waals surface area contributed by atoms with Gasteiger partial charge in [-0.15, -0.1) is 11.3 Å². The minimum absolute atomic E-state index is 0.286. The van der Waals surface area contributed by atoms with Crippen LogP contribution in [0.2, 0.25) is 0 Å². The molecule has 1 rings (SSSR count). The van der Waals surface area contributed by atoms with Crippen LogP contribution in [-0.2, 0) is 5.54 Å². The second-order valence-corrected chi connectivity index (χ2v) is 4.98. The van der Waals surface area contributed by atoms with E-state index in [4.69, 9.17) is 5.73 Å². The first-order chi connectivity index (χ1) is 6.43. The molecular formula is C10H17N3S. The molecule has 0 aromatic carbocycles. The van der Waals surface area contributed by atoms with Crippen molar-refractivity contribution in [3.63, 3.8) is 0 Å². The van der Waals surface area contributed by atoms with E-state index in [0.29, 0.717) is 5.84 Å². The maximum Gasteiger partial charge on any atom is 0.120 e. The molecule has 0 spiro atoms. The molecule has 0 aliphatic carbocycles. The van der Waals surface area contributed by atoms with E-state index in [2.05, 4.69) is 9.98 Å². The van der Waals surface area contributed by atoms with Crippen molar-refractivity contribution in [1.82, 2.24) is 4.98 Å². The van der Waals surface area contributed by atoms with E-state index in [9.17, 15) is 0 Å². The van der Waals surface area contributed by atoms with Gasteiger partial charge in [0.25, 0.3) is 0 Å². The number of aromatic nitrogens is 1. The van der Waals surface area contributed by atoms with Crippen LogP contribution in [0.5, 0.6) is 0 Å². The number of rotatable bonds is 3. The van der Waals surface area contributed by atoms with Crippen molar-refractivity contribution in [2.45, 2.75) is 33.2 Å². The number of nitrogens with zero attached hydrogens (tertiary/aromatic N) is 2. The number of thiazole rings is 1. The van der Waals surface area contributed by atoms with E-state index >= 15 is 0 Å². The molecule has 1 aromatic rings. The monoisotopic (exact) mass is 211 g/mol. The Morgan fingerprint density at radius 2 is 2.21 bits per heavy atom. The van der Waals surface area contributed by atoms with Crippen LogP contribution >= 0.6 is 11.3 Å². The Hall–Kier alpha value is -0.900. The number of nitrogens with two attached hydrogens (primary N) is 1. The number of hydrogen-bond donors (Lipinski definition) is 1. The van der Waals surface area contributed by atoms with Crippen LogP contribution in [-0.4, -0.2) is 10.8 Å². The fourth-order valence-corrected chi connectivity index (χ4v) is 1.73. The summed E-state index contributed by atoms with van der Waals surface area (Å²) in [6, 6.07) is 0. The minimum atomic E-state index is -0.303. The predicted molar refractivity (Wildman–Crippen MR) is 61.6 cm³/mol. The Morgan fingerprint density at radius 3 is 2.64 bits per heavy atom. The molecule has 78 valence electrons. The van der Waals surface area contributed by atoms with Crippen molar-refractivity contribution in [3.05, 3.63) is 16.6 Å². The van der Waals surface area contributed by atoms with Crippen molar-refractivity contribution in [3.8, 4) is 0 Å². The smallest absolute Gasteiger partial charge is 0.120 e. The predicted octanol–water partition coefficient (Wildman–Crippen LogP) is 2.39. The molecule has 4 heteroatoms. The van der Waals surface area contributed by atoms with Gasteiger partial charge in [-0.1, -0.05) is 13.8 Å². The normalized spacial score (nSPS) is 13.6. The first kappa shape index (κ1) is 11.2. The van der Waals surface area contributed by atoms with E-state index in [0.717, 1.165) is 5.01 Å². The van der Waals surface area contributed by atoms with Crippen molar-refractivity contribution < 1.29 is 0 Å². The van der Waals surface area contributed by atoms with Gasteiger partial charge in [-0.25, -0.2) is 4.98 Å². The van der Waals surface area contributed by atoms with Gasteiger partial charge in [-0.05, 0) is 13.8 Å². The molecule has 0 aliphatic heterocycles. The summed E-state index contributed by atoms with van der Waals surface area (Å²) in [5, 5.41) is 2.96. The van der Waals surface area contributed by atoms with Gasteiger partial charge in [0.15, 0.2) is 0 Å². The van der Waals surface area contributed by atoms with Crippen LogP contribution in [0.1, 0.15) is 32.7 Å². The van der Waals surface area contributed by atoms with Gasteiger partial charge < -0.3 is 5.73 Å². The molecule has 14 heavy (non-hydrogen) atoms. The highest BCUT2D eigenvalue weighted by Gasteiger charge is 2.22. The second-order valence-electron chi connectivity index (χ2n) is 4.09. The van der Waals surface area contributed by atoms with Gasteiger partial charge in [0.2, 0.25) is 0 Å². The van der Waals surface area contributed by atoms with Gasteiger partial charge in [0.05, 0.1) is 5.84 Å². The minimum Gasteiger partial charge on any atom is -0.387 e. The van der Waals surface area contributed by atoms with E-state index in [1.54, 1.807) is 17.5 Å². The highest BCUT2D eigenvalue weighted by atomic mass is 32.1. The third-order valence-corrected chi connectivity index (χ3v) is 3.04. The van der Waals surface area contributed by atoms with Gasteiger partial charge in [0, 0.05) is 17.5 Å². The number of amidine groups is 1. The highest BCUT2D eigenvalue weighted by Crippen LogP contribution is 2.26. The summed E-state index contributed by atoms with van der Waals surface area (Å²) in [6.07, 6.45) is 1.79. The zero-order valence-corrected chi connectivity index (χ0v) is 9.93. The molecule has 0 aliphatic rings. The Kier molecular flexibility index (Phi) is 3.26. The lowest BCUT2D eigenvalue weighted by Gasteiger charge is -2.18. The maximum absolute atomic E-state index is 5.84. The summed E-state index contributed by atoms with van der Waals surface area (Å²) in [4.78, 5) is 8.75. The fraction of sp³-hybridized carbons (Fsp3) is 0.600. The average molecular weight is 211 g/mol. The highest BCUT2D eigenvalue weighted by molar-refractivity contribution is 7.09. The van der Waals surface area contributed by atoms with Crippen molar-refractivity contribution in [2.24, 2.45) is 16.6 Å². The fourth-order valence-electron chi connectivity index (χ4n) is 1.03. The molecule has 3 nitrogen and oxygen atoms in total. The first-order valence-electron chi connectivity index (χ1n) is 4.68. The molecule has 2 N–H and O–H groups in total. The molecular weight excluding hydrogens is 194 g/mol. The zero-order chi connectivity index (χ0) is 10.8.